The standard InChI is InChI=1S/C14H14BrNO3.C13H15BrN2O2/c1-19-11-3-2-10(15)9-7-14(5-4-8(9)11)12(17)6-13(18)16-14;1-17-11-3-2-10(14)9-6-13(5-4-8(9)11)7-18-12(15)16-13/h2-3H,4-7H2,1H3,(H,16,18);2-3H,4-7H2,1H3,(H2,15,16). The second-order valence-corrected chi connectivity index (χ2v) is 11.7. The lowest BCUT2D eigenvalue weighted by Crippen LogP contribution is -2.50. The average Bonchev–Trinajstić information content (AvgIpc) is 3.37. The largest absolute Gasteiger partial charge is 0.496 e. The van der Waals surface area contributed by atoms with Gasteiger partial charge in [-0.15, -0.1) is 0 Å². The number of hydrogen-bond donors (Lipinski definition) is 2. The van der Waals surface area contributed by atoms with Crippen LogP contribution in [-0.4, -0.2) is 49.6 Å². The first-order valence-corrected chi connectivity index (χ1v) is 13.8. The molecule has 2 heterocycles. The summed E-state index contributed by atoms with van der Waals surface area (Å²) in [5.41, 5.74) is 9.52. The van der Waals surface area contributed by atoms with Crippen molar-refractivity contribution in [3.05, 3.63) is 55.5 Å². The molecule has 196 valence electrons. The third-order valence-corrected chi connectivity index (χ3v) is 9.28. The number of hydrogen-bond acceptors (Lipinski definition) is 7. The number of nitrogens with one attached hydrogen (secondary N) is 1. The highest BCUT2D eigenvalue weighted by molar-refractivity contribution is 9.10. The Morgan fingerprint density at radius 1 is 0.919 bits per heavy atom. The van der Waals surface area contributed by atoms with Crippen LogP contribution in [-0.2, 0) is 40.0 Å². The number of nitrogens with zero attached hydrogens (tertiary/aromatic N) is 1. The second kappa shape index (κ2) is 9.94. The summed E-state index contributed by atoms with van der Waals surface area (Å²) < 4.78 is 18.2. The Morgan fingerprint density at radius 3 is 2.03 bits per heavy atom. The topological polar surface area (TPSA) is 112 Å². The molecule has 2 aliphatic carbocycles. The number of rotatable bonds is 2. The Bertz CT molecular complexity index is 1310. The summed E-state index contributed by atoms with van der Waals surface area (Å²) in [6, 6.07) is 8.20. The van der Waals surface area contributed by atoms with E-state index >= 15 is 0 Å². The fraction of sp³-hybridized carbons (Fsp3) is 0.444. The van der Waals surface area contributed by atoms with Crippen molar-refractivity contribution in [3.63, 3.8) is 0 Å². The molecule has 3 N–H and O–H groups in total. The van der Waals surface area contributed by atoms with E-state index in [2.05, 4.69) is 42.2 Å². The lowest BCUT2D eigenvalue weighted by Gasteiger charge is -2.34. The fourth-order valence-electron chi connectivity index (χ4n) is 5.87. The molecule has 2 unspecified atom stereocenters. The predicted molar refractivity (Wildman–Crippen MR) is 146 cm³/mol. The highest BCUT2D eigenvalue weighted by Gasteiger charge is 2.48. The molecule has 2 aromatic rings. The van der Waals surface area contributed by atoms with Gasteiger partial charge in [-0.3, -0.25) is 9.59 Å². The second-order valence-electron chi connectivity index (χ2n) is 9.96. The minimum absolute atomic E-state index is 0.0108. The molecule has 8 nitrogen and oxygen atoms in total. The van der Waals surface area contributed by atoms with Crippen LogP contribution in [0.15, 0.2) is 38.2 Å². The zero-order valence-corrected chi connectivity index (χ0v) is 24.0. The number of carbonyl (C=O) groups is 2. The zero-order valence-electron chi connectivity index (χ0n) is 20.8. The van der Waals surface area contributed by atoms with Gasteiger partial charge in [0.25, 0.3) is 6.02 Å². The Kier molecular flexibility index (Phi) is 7.00. The molecule has 4 aliphatic rings. The lowest BCUT2D eigenvalue weighted by molar-refractivity contribution is -0.123. The highest BCUT2D eigenvalue weighted by atomic mass is 79.9. The molecule has 2 aromatic carbocycles. The van der Waals surface area contributed by atoms with Gasteiger partial charge in [-0.05, 0) is 72.2 Å². The van der Waals surface area contributed by atoms with Crippen LogP contribution in [0.25, 0.3) is 0 Å². The molecule has 2 aliphatic heterocycles. The third kappa shape index (κ3) is 4.74. The molecule has 0 bridgehead atoms. The van der Waals surface area contributed by atoms with Crippen molar-refractivity contribution in [1.29, 1.82) is 0 Å². The molecule has 6 rings (SSSR count). The van der Waals surface area contributed by atoms with Crippen LogP contribution in [0.1, 0.15) is 41.5 Å². The van der Waals surface area contributed by atoms with E-state index in [1.165, 1.54) is 11.1 Å². The first-order valence-electron chi connectivity index (χ1n) is 12.2. The average molecular weight is 635 g/mol. The van der Waals surface area contributed by atoms with Crippen molar-refractivity contribution in [1.82, 2.24) is 5.32 Å². The van der Waals surface area contributed by atoms with E-state index < -0.39 is 5.54 Å². The molecule has 2 spiro atoms. The fourth-order valence-corrected chi connectivity index (χ4v) is 6.89. The van der Waals surface area contributed by atoms with Crippen molar-refractivity contribution < 1.29 is 23.8 Å². The van der Waals surface area contributed by atoms with Crippen LogP contribution in [0.4, 0.5) is 0 Å². The van der Waals surface area contributed by atoms with Gasteiger partial charge in [-0.1, -0.05) is 31.9 Å². The monoisotopic (exact) mass is 633 g/mol. The maximum absolute atomic E-state index is 12.1. The van der Waals surface area contributed by atoms with Gasteiger partial charge in [0, 0.05) is 21.8 Å². The normalized spacial score (nSPS) is 25.5. The first kappa shape index (κ1) is 26.0. The van der Waals surface area contributed by atoms with E-state index in [1.807, 2.05) is 24.3 Å². The number of nitrogens with two attached hydrogens (primary N) is 1. The number of fused-ring (bicyclic) bond motifs is 2. The van der Waals surface area contributed by atoms with Gasteiger partial charge in [0.1, 0.15) is 29.2 Å². The minimum Gasteiger partial charge on any atom is -0.496 e. The number of amides is 1. The van der Waals surface area contributed by atoms with Crippen LogP contribution >= 0.6 is 31.9 Å². The number of aliphatic imine (C=N–C) groups is 1. The molecule has 1 saturated heterocycles. The van der Waals surface area contributed by atoms with Gasteiger partial charge in [0.2, 0.25) is 5.91 Å². The summed E-state index contributed by atoms with van der Waals surface area (Å²) >= 11 is 7.15. The van der Waals surface area contributed by atoms with Crippen molar-refractivity contribution in [3.8, 4) is 11.5 Å². The van der Waals surface area contributed by atoms with E-state index in [4.69, 9.17) is 19.9 Å². The van der Waals surface area contributed by atoms with Crippen LogP contribution in [0, 0.1) is 0 Å². The highest BCUT2D eigenvalue weighted by Crippen LogP contribution is 2.42. The smallest absolute Gasteiger partial charge is 0.282 e. The van der Waals surface area contributed by atoms with Crippen molar-refractivity contribution in [2.24, 2.45) is 10.7 Å². The van der Waals surface area contributed by atoms with Crippen LogP contribution in [0.3, 0.4) is 0 Å². The molecule has 1 amide bonds. The number of methoxy groups -OCH3 is 2. The number of Topliss-reactive ketones (excluding diaryl/α,β-unsaturated/α-hetero) is 1. The van der Waals surface area contributed by atoms with E-state index in [0.29, 0.717) is 25.5 Å². The van der Waals surface area contributed by atoms with E-state index in [-0.39, 0.29) is 23.7 Å². The van der Waals surface area contributed by atoms with Gasteiger partial charge in [-0.2, -0.15) is 0 Å². The number of halogens is 2. The van der Waals surface area contributed by atoms with E-state index in [9.17, 15) is 9.59 Å². The molecular weight excluding hydrogens is 606 g/mol. The summed E-state index contributed by atoms with van der Waals surface area (Å²) in [4.78, 5) is 28.1. The predicted octanol–water partition coefficient (Wildman–Crippen LogP) is 3.80. The molecule has 37 heavy (non-hydrogen) atoms. The number of amidine groups is 1. The van der Waals surface area contributed by atoms with Gasteiger partial charge < -0.3 is 25.3 Å². The van der Waals surface area contributed by atoms with E-state index in [0.717, 1.165) is 57.3 Å². The molecule has 10 heteroatoms. The summed E-state index contributed by atoms with van der Waals surface area (Å²) in [6.07, 6.45) is 4.69. The maximum atomic E-state index is 12.1. The van der Waals surface area contributed by atoms with Gasteiger partial charge in [-0.25, -0.2) is 4.99 Å². The van der Waals surface area contributed by atoms with Crippen molar-refractivity contribution in [2.75, 3.05) is 20.8 Å². The number of ether oxygens (including phenoxy) is 3. The van der Waals surface area contributed by atoms with Gasteiger partial charge >= 0.3 is 0 Å². The van der Waals surface area contributed by atoms with Crippen molar-refractivity contribution >= 4 is 49.6 Å². The summed E-state index contributed by atoms with van der Waals surface area (Å²) in [6.45, 7) is 0.585. The molecule has 2 atom stereocenters. The van der Waals surface area contributed by atoms with Crippen LogP contribution < -0.4 is 20.5 Å². The molecular formula is C27H29Br2N3O5. The summed E-state index contributed by atoms with van der Waals surface area (Å²) in [7, 11) is 3.36. The Hall–Kier alpha value is -2.59. The molecule has 0 radical (unpaired) electrons. The SMILES string of the molecule is COc1ccc(Br)c2c1CCC1(C2)NC(=O)CC1=O.COc1ccc(Br)c2c1CCC1(COC(N)=N1)C2. The molecule has 1 fully saturated rings. The summed E-state index contributed by atoms with van der Waals surface area (Å²) in [5, 5.41) is 2.87. The summed E-state index contributed by atoms with van der Waals surface area (Å²) in [5.74, 6) is 1.66. The Morgan fingerprint density at radius 2 is 1.51 bits per heavy atom. The van der Waals surface area contributed by atoms with Crippen molar-refractivity contribution in [2.45, 2.75) is 56.0 Å². The maximum Gasteiger partial charge on any atom is 0.282 e. The number of carbonyl (C=O) groups excluding carboxylic acids is 2. The Labute approximate surface area is 232 Å². The van der Waals surface area contributed by atoms with Crippen LogP contribution in [0.2, 0.25) is 0 Å². The van der Waals surface area contributed by atoms with Crippen LogP contribution in [0.5, 0.6) is 11.5 Å². The van der Waals surface area contributed by atoms with E-state index in [1.54, 1.807) is 14.2 Å². The zero-order chi connectivity index (χ0) is 26.4. The minimum atomic E-state index is -0.695. The quantitative estimate of drug-likeness (QED) is 0.486. The van der Waals surface area contributed by atoms with Gasteiger partial charge in [0.05, 0.1) is 20.6 Å². The third-order valence-electron chi connectivity index (χ3n) is 7.80. The molecule has 0 aromatic heterocycles. The van der Waals surface area contributed by atoms with Gasteiger partial charge in [0.15, 0.2) is 5.78 Å². The first-order chi connectivity index (χ1) is 17.7. The lowest BCUT2D eigenvalue weighted by atomic mass is 9.76. The molecule has 0 saturated carbocycles. The number of benzene rings is 2. The Balaban J connectivity index is 0.000000152. The number of ketones is 1.